The maximum atomic E-state index is 12.3. The van der Waals surface area contributed by atoms with Gasteiger partial charge < -0.3 is 10.6 Å². The lowest BCUT2D eigenvalue weighted by molar-refractivity contribution is 0.0927. The molecule has 1 unspecified atom stereocenters. The summed E-state index contributed by atoms with van der Waals surface area (Å²) in [6.07, 6.45) is 5.06. The Hall–Kier alpha value is -1.58. The van der Waals surface area contributed by atoms with Gasteiger partial charge in [0.05, 0.1) is 0 Å². The number of nitrogens with zero attached hydrogens (tertiary/aromatic N) is 1. The van der Waals surface area contributed by atoms with Crippen molar-refractivity contribution in [1.29, 1.82) is 0 Å². The van der Waals surface area contributed by atoms with Gasteiger partial charge in [0.1, 0.15) is 5.82 Å². The maximum Gasteiger partial charge on any atom is 0.251 e. The first kappa shape index (κ1) is 13.8. The van der Waals surface area contributed by atoms with Crippen molar-refractivity contribution >= 4 is 11.7 Å². The summed E-state index contributed by atoms with van der Waals surface area (Å²) in [6, 6.07) is 3.88. The van der Waals surface area contributed by atoms with E-state index in [2.05, 4.69) is 22.5 Å². The standard InChI is InChI=1S/C15H23N3O/c1-10-8-13(9-14(16-3)17-10)15(19)18-11(2)12-6-4-5-7-12/h8-9,11-12H,4-7H2,1-3H3,(H,16,17)(H,18,19). The van der Waals surface area contributed by atoms with Crippen molar-refractivity contribution in [1.82, 2.24) is 10.3 Å². The molecule has 1 aliphatic rings. The minimum absolute atomic E-state index is 0.00130. The minimum atomic E-state index is 0.00130. The minimum Gasteiger partial charge on any atom is -0.373 e. The van der Waals surface area contributed by atoms with Crippen LogP contribution < -0.4 is 10.6 Å². The smallest absolute Gasteiger partial charge is 0.251 e. The molecule has 1 atom stereocenters. The second-order valence-corrected chi connectivity index (χ2v) is 5.44. The normalized spacial score (nSPS) is 17.2. The molecule has 1 saturated carbocycles. The molecule has 1 aromatic heterocycles. The lowest BCUT2D eigenvalue weighted by Crippen LogP contribution is -2.37. The third kappa shape index (κ3) is 3.46. The Labute approximate surface area is 115 Å². The first-order chi connectivity index (χ1) is 9.10. The molecule has 0 saturated heterocycles. The van der Waals surface area contributed by atoms with E-state index in [1.807, 2.05) is 20.0 Å². The summed E-state index contributed by atoms with van der Waals surface area (Å²) in [6.45, 7) is 4.01. The highest BCUT2D eigenvalue weighted by atomic mass is 16.1. The van der Waals surface area contributed by atoms with E-state index in [-0.39, 0.29) is 11.9 Å². The van der Waals surface area contributed by atoms with Crippen LogP contribution in [0.25, 0.3) is 0 Å². The van der Waals surface area contributed by atoms with E-state index in [1.165, 1.54) is 25.7 Å². The van der Waals surface area contributed by atoms with Crippen molar-refractivity contribution in [2.45, 2.75) is 45.6 Å². The summed E-state index contributed by atoms with van der Waals surface area (Å²) >= 11 is 0. The number of carbonyl (C=O) groups excluding carboxylic acids is 1. The molecule has 1 heterocycles. The quantitative estimate of drug-likeness (QED) is 0.876. The van der Waals surface area contributed by atoms with Crippen molar-refractivity contribution in [3.63, 3.8) is 0 Å². The van der Waals surface area contributed by atoms with Crippen molar-refractivity contribution in [3.8, 4) is 0 Å². The zero-order valence-corrected chi connectivity index (χ0v) is 12.0. The molecule has 4 heteroatoms. The van der Waals surface area contributed by atoms with E-state index in [0.29, 0.717) is 11.5 Å². The average Bonchev–Trinajstić information content (AvgIpc) is 2.91. The van der Waals surface area contributed by atoms with Gasteiger partial charge in [-0.3, -0.25) is 4.79 Å². The molecule has 0 spiro atoms. The monoisotopic (exact) mass is 261 g/mol. The third-order valence-corrected chi connectivity index (χ3v) is 3.94. The lowest BCUT2D eigenvalue weighted by Gasteiger charge is -2.20. The fourth-order valence-electron chi connectivity index (χ4n) is 2.79. The Morgan fingerprint density at radius 3 is 2.68 bits per heavy atom. The lowest BCUT2D eigenvalue weighted by atomic mass is 9.99. The number of anilines is 1. The molecule has 2 rings (SSSR count). The number of nitrogens with one attached hydrogen (secondary N) is 2. The molecule has 1 aromatic rings. The number of rotatable bonds is 4. The zero-order valence-electron chi connectivity index (χ0n) is 12.0. The molecule has 0 radical (unpaired) electrons. The molecule has 1 amide bonds. The summed E-state index contributed by atoms with van der Waals surface area (Å²) in [5, 5.41) is 6.10. The predicted molar refractivity (Wildman–Crippen MR) is 77.4 cm³/mol. The Morgan fingerprint density at radius 1 is 1.37 bits per heavy atom. The van der Waals surface area contributed by atoms with Crippen LogP contribution in [0.2, 0.25) is 0 Å². The average molecular weight is 261 g/mol. The highest BCUT2D eigenvalue weighted by molar-refractivity contribution is 5.95. The number of hydrogen-bond donors (Lipinski definition) is 2. The molecule has 4 nitrogen and oxygen atoms in total. The van der Waals surface area contributed by atoms with Gasteiger partial charge in [0.2, 0.25) is 0 Å². The molecule has 19 heavy (non-hydrogen) atoms. The number of aromatic nitrogens is 1. The van der Waals surface area contributed by atoms with E-state index >= 15 is 0 Å². The van der Waals surface area contributed by atoms with E-state index in [4.69, 9.17) is 0 Å². The summed E-state index contributed by atoms with van der Waals surface area (Å²) in [7, 11) is 1.81. The van der Waals surface area contributed by atoms with Crippen LogP contribution in [0.1, 0.15) is 48.7 Å². The van der Waals surface area contributed by atoms with Crippen molar-refractivity contribution < 1.29 is 4.79 Å². The number of carbonyl (C=O) groups is 1. The second-order valence-electron chi connectivity index (χ2n) is 5.44. The number of aryl methyl sites for hydroxylation is 1. The Bertz CT molecular complexity index is 453. The Morgan fingerprint density at radius 2 is 2.05 bits per heavy atom. The number of hydrogen-bond acceptors (Lipinski definition) is 3. The summed E-state index contributed by atoms with van der Waals surface area (Å²) < 4.78 is 0. The first-order valence-corrected chi connectivity index (χ1v) is 7.07. The van der Waals surface area contributed by atoms with Gasteiger partial charge in [-0.05, 0) is 44.7 Å². The van der Waals surface area contributed by atoms with Crippen molar-refractivity contribution in [3.05, 3.63) is 23.4 Å². The van der Waals surface area contributed by atoms with E-state index in [9.17, 15) is 4.79 Å². The second kappa shape index (κ2) is 6.04. The van der Waals surface area contributed by atoms with Gasteiger partial charge in [0.15, 0.2) is 0 Å². The van der Waals surface area contributed by atoms with Gasteiger partial charge >= 0.3 is 0 Å². The van der Waals surface area contributed by atoms with Gasteiger partial charge in [-0.15, -0.1) is 0 Å². The molecule has 0 aromatic carbocycles. The summed E-state index contributed by atoms with van der Waals surface area (Å²) in [5.41, 5.74) is 1.53. The molecular formula is C15H23N3O. The summed E-state index contributed by atoms with van der Waals surface area (Å²) in [5.74, 6) is 1.37. The summed E-state index contributed by atoms with van der Waals surface area (Å²) in [4.78, 5) is 16.6. The van der Waals surface area contributed by atoms with Crippen LogP contribution in [0.4, 0.5) is 5.82 Å². The SMILES string of the molecule is CNc1cc(C(=O)NC(C)C2CCCC2)cc(C)n1. The molecule has 0 aliphatic heterocycles. The molecule has 0 bridgehead atoms. The van der Waals surface area contributed by atoms with Crippen LogP contribution in [0.3, 0.4) is 0 Å². The molecule has 1 fully saturated rings. The number of pyridine rings is 1. The van der Waals surface area contributed by atoms with Crippen LogP contribution in [0.5, 0.6) is 0 Å². The van der Waals surface area contributed by atoms with Crippen LogP contribution in [0.15, 0.2) is 12.1 Å². The first-order valence-electron chi connectivity index (χ1n) is 7.07. The molecule has 1 aliphatic carbocycles. The van der Waals surface area contributed by atoms with Crippen LogP contribution in [0, 0.1) is 12.8 Å². The van der Waals surface area contributed by atoms with Gasteiger partial charge in [-0.25, -0.2) is 4.98 Å². The molecule has 2 N–H and O–H groups in total. The van der Waals surface area contributed by atoms with Crippen molar-refractivity contribution in [2.75, 3.05) is 12.4 Å². The van der Waals surface area contributed by atoms with Gasteiger partial charge in [-0.1, -0.05) is 12.8 Å². The van der Waals surface area contributed by atoms with Crippen LogP contribution in [-0.4, -0.2) is 24.0 Å². The van der Waals surface area contributed by atoms with E-state index in [0.717, 1.165) is 11.5 Å². The Kier molecular flexibility index (Phi) is 4.40. The van der Waals surface area contributed by atoms with E-state index in [1.54, 1.807) is 6.07 Å². The fourth-order valence-corrected chi connectivity index (χ4v) is 2.79. The number of amides is 1. The zero-order chi connectivity index (χ0) is 13.8. The van der Waals surface area contributed by atoms with Crippen LogP contribution >= 0.6 is 0 Å². The predicted octanol–water partition coefficient (Wildman–Crippen LogP) is 2.74. The third-order valence-electron chi connectivity index (χ3n) is 3.94. The molecule has 104 valence electrons. The van der Waals surface area contributed by atoms with Crippen molar-refractivity contribution in [2.24, 2.45) is 5.92 Å². The Balaban J connectivity index is 2.04. The van der Waals surface area contributed by atoms with Gasteiger partial charge in [0, 0.05) is 24.3 Å². The molecular weight excluding hydrogens is 238 g/mol. The fraction of sp³-hybridized carbons (Fsp3) is 0.600. The largest absolute Gasteiger partial charge is 0.373 e. The maximum absolute atomic E-state index is 12.3. The van der Waals surface area contributed by atoms with E-state index < -0.39 is 0 Å². The topological polar surface area (TPSA) is 54.0 Å². The highest BCUT2D eigenvalue weighted by Crippen LogP contribution is 2.27. The highest BCUT2D eigenvalue weighted by Gasteiger charge is 2.23. The van der Waals surface area contributed by atoms with Gasteiger partial charge in [-0.2, -0.15) is 0 Å². The van der Waals surface area contributed by atoms with Gasteiger partial charge in [0.25, 0.3) is 5.91 Å². The van der Waals surface area contributed by atoms with Crippen LogP contribution in [-0.2, 0) is 0 Å².